The molecule has 0 aliphatic rings. The Hall–Kier alpha value is -5.72. The van der Waals surface area contributed by atoms with Gasteiger partial charge in [-0.3, -0.25) is 10.4 Å². The fraction of sp³-hybridized carbons (Fsp3) is 0.286. The second kappa shape index (κ2) is 18.2. The van der Waals surface area contributed by atoms with Gasteiger partial charge in [0.05, 0.1) is 12.0 Å². The Bertz CT molecular complexity index is 2030. The number of rotatable bonds is 15. The molecule has 0 saturated heterocycles. The van der Waals surface area contributed by atoms with Crippen molar-refractivity contribution < 1.29 is 48.6 Å². The summed E-state index contributed by atoms with van der Waals surface area (Å²) in [7, 11) is 0. The van der Waals surface area contributed by atoms with E-state index in [0.29, 0.717) is 28.2 Å². The molecule has 2 heterocycles. The smallest absolute Gasteiger partial charge is 0.435 e. The highest BCUT2D eigenvalue weighted by molar-refractivity contribution is 6.32. The lowest BCUT2D eigenvalue weighted by Crippen LogP contribution is -2.24. The minimum atomic E-state index is -1.23. The van der Waals surface area contributed by atoms with E-state index >= 15 is 0 Å². The van der Waals surface area contributed by atoms with Crippen molar-refractivity contribution in [3.63, 3.8) is 0 Å². The van der Waals surface area contributed by atoms with Gasteiger partial charge in [0.2, 0.25) is 12.1 Å². The molecule has 0 aliphatic heterocycles. The predicted molar refractivity (Wildman–Crippen MR) is 185 cm³/mol. The number of para-hydroxylation sites is 1. The number of hydrogen-bond donors (Lipinski definition) is 2. The van der Waals surface area contributed by atoms with Gasteiger partial charge in [-0.05, 0) is 41.3 Å². The minimum Gasteiger partial charge on any atom is -0.435 e. The number of halogens is 1. The Balaban J connectivity index is 1.34. The number of aryl methyl sites for hydroxylation is 1. The molecule has 5 rings (SSSR count). The Labute approximate surface area is 308 Å². The lowest BCUT2D eigenvalue weighted by atomic mass is 9.98. The van der Waals surface area contributed by atoms with Gasteiger partial charge in [-0.25, -0.2) is 24.2 Å². The molecule has 3 aromatic carbocycles. The molecule has 2 N–H and O–H groups in total. The molecule has 5 aromatic rings. The van der Waals surface area contributed by atoms with Gasteiger partial charge in [0.15, 0.2) is 10.8 Å². The van der Waals surface area contributed by atoms with Crippen LogP contribution < -0.4 is 4.74 Å². The van der Waals surface area contributed by atoms with Crippen LogP contribution in [0.2, 0.25) is 5.15 Å². The summed E-state index contributed by atoms with van der Waals surface area (Å²) in [5.74, 6) is 0.0433. The molecule has 17 nitrogen and oxygen atoms in total. The van der Waals surface area contributed by atoms with Crippen molar-refractivity contribution in [2.75, 3.05) is 6.61 Å². The molecule has 1 atom stereocenters. The zero-order valence-electron chi connectivity index (χ0n) is 28.9. The van der Waals surface area contributed by atoms with Gasteiger partial charge < -0.3 is 23.5 Å². The molecular formula is C35H36ClN7O10. The van der Waals surface area contributed by atoms with Gasteiger partial charge >= 0.3 is 18.2 Å². The third-order valence-corrected chi connectivity index (χ3v) is 7.87. The summed E-state index contributed by atoms with van der Waals surface area (Å²) in [5, 5.41) is 29.5. The molecule has 1 unspecified atom stereocenters. The van der Waals surface area contributed by atoms with Gasteiger partial charge in [0.1, 0.15) is 18.2 Å². The summed E-state index contributed by atoms with van der Waals surface area (Å²) < 4.78 is 22.2. The van der Waals surface area contributed by atoms with Crippen molar-refractivity contribution in [1.29, 1.82) is 0 Å². The molecule has 2 aromatic heterocycles. The highest BCUT2D eigenvalue weighted by atomic mass is 35.5. The molecule has 0 saturated carbocycles. The van der Waals surface area contributed by atoms with Crippen LogP contribution in [0.1, 0.15) is 61.1 Å². The average Bonchev–Trinajstić information content (AvgIpc) is 3.75. The molecular weight excluding hydrogens is 714 g/mol. The van der Waals surface area contributed by atoms with E-state index in [0.717, 1.165) is 29.5 Å². The third-order valence-electron chi connectivity index (χ3n) is 7.60. The minimum absolute atomic E-state index is 0.0259. The van der Waals surface area contributed by atoms with Crippen molar-refractivity contribution in [3.05, 3.63) is 101 Å². The van der Waals surface area contributed by atoms with E-state index in [1.165, 1.54) is 13.0 Å². The topological polar surface area (TPSA) is 202 Å². The molecule has 0 radical (unpaired) electrons. The van der Waals surface area contributed by atoms with Gasteiger partial charge in [0, 0.05) is 31.0 Å². The summed E-state index contributed by atoms with van der Waals surface area (Å²) >= 11 is 6.47. The number of carbonyl (C=O) groups excluding carboxylic acids is 3. The number of aromatic nitrogens is 6. The van der Waals surface area contributed by atoms with Crippen molar-refractivity contribution in [3.8, 4) is 28.3 Å². The van der Waals surface area contributed by atoms with Crippen molar-refractivity contribution in [2.45, 2.75) is 59.5 Å². The van der Waals surface area contributed by atoms with E-state index < -0.39 is 29.9 Å². The zero-order chi connectivity index (χ0) is 37.9. The van der Waals surface area contributed by atoms with Crippen LogP contribution in [0.3, 0.4) is 0 Å². The maximum absolute atomic E-state index is 13.3. The third kappa shape index (κ3) is 10.00. The molecule has 18 heteroatoms. The Morgan fingerprint density at radius 1 is 0.943 bits per heavy atom. The highest BCUT2D eigenvalue weighted by Crippen LogP contribution is 2.31. The van der Waals surface area contributed by atoms with Gasteiger partial charge in [-0.2, -0.15) is 0 Å². The fourth-order valence-corrected chi connectivity index (χ4v) is 5.44. The molecule has 0 aliphatic carbocycles. The van der Waals surface area contributed by atoms with Gasteiger partial charge in [-0.15, -0.1) is 10.2 Å². The van der Waals surface area contributed by atoms with Crippen LogP contribution in [-0.2, 0) is 38.6 Å². The van der Waals surface area contributed by atoms with Crippen molar-refractivity contribution in [2.24, 2.45) is 0 Å². The quantitative estimate of drug-likeness (QED) is 0.0668. The molecule has 0 fully saturated rings. The van der Waals surface area contributed by atoms with Gasteiger partial charge in [0.25, 0.3) is 0 Å². The maximum Gasteiger partial charge on any atom is 0.511 e. The largest absolute Gasteiger partial charge is 0.511 e. The van der Waals surface area contributed by atoms with E-state index in [1.807, 2.05) is 43.3 Å². The SMILES string of the molecule is CCCCc1nc(Cl)c(C(=O)OC(C)OC(=O)OCC)n1Cc1ccc(-c2ccccc2-c2nnn(C(=O)Oc3ccccc3CON(O)O)n2)cc1. The summed E-state index contributed by atoms with van der Waals surface area (Å²) in [6.07, 6.45) is -0.878. The summed E-state index contributed by atoms with van der Waals surface area (Å²) in [5.41, 5.74) is 3.35. The number of unbranched alkanes of at least 4 members (excludes halogenated alkanes) is 1. The first kappa shape index (κ1) is 38.5. The van der Waals surface area contributed by atoms with Crippen molar-refractivity contribution >= 4 is 29.8 Å². The predicted octanol–water partition coefficient (Wildman–Crippen LogP) is 6.48. The number of ether oxygens (including phenoxy) is 4. The van der Waals surface area contributed by atoms with Crippen LogP contribution in [0.25, 0.3) is 22.5 Å². The number of tetrazole rings is 1. The number of nitrogens with zero attached hydrogens (tertiary/aromatic N) is 7. The zero-order valence-corrected chi connectivity index (χ0v) is 29.7. The number of carbonyl (C=O) groups is 3. The normalized spacial score (nSPS) is 11.7. The van der Waals surface area contributed by atoms with Crippen LogP contribution in [0.15, 0.2) is 72.8 Å². The fourth-order valence-electron chi connectivity index (χ4n) is 5.16. The van der Waals surface area contributed by atoms with Crippen LogP contribution in [0.5, 0.6) is 5.75 Å². The Morgan fingerprint density at radius 2 is 1.66 bits per heavy atom. The van der Waals surface area contributed by atoms with Crippen LogP contribution >= 0.6 is 11.6 Å². The first-order valence-corrected chi connectivity index (χ1v) is 16.8. The average molecular weight is 750 g/mol. The molecule has 0 bridgehead atoms. The summed E-state index contributed by atoms with van der Waals surface area (Å²) in [6, 6.07) is 21.2. The standard InChI is InChI=1S/C35H36ClN7O10/c1-4-6-15-29-37-31(36)30(33(44)51-22(3)52-35(46)49-5-2)41(29)20-23-16-18-24(19-17-23)26-12-8-9-13-27(26)32-38-40-42(39-32)34(45)53-28-14-10-7-11-25(28)21-50-43(47)48/h7-14,16-19,22,47-48H,4-6,15,20-21H2,1-3H3. The summed E-state index contributed by atoms with van der Waals surface area (Å²) in [6.45, 7) is 5.11. The number of hydrogen-bond acceptors (Lipinski definition) is 15. The highest BCUT2D eigenvalue weighted by Gasteiger charge is 2.26. The number of benzene rings is 3. The van der Waals surface area contributed by atoms with Crippen LogP contribution in [0.4, 0.5) is 9.59 Å². The van der Waals surface area contributed by atoms with Gasteiger partial charge in [-0.1, -0.05) is 96.5 Å². The Kier molecular flexibility index (Phi) is 13.2. The first-order valence-electron chi connectivity index (χ1n) is 16.5. The lowest BCUT2D eigenvalue weighted by Gasteiger charge is -2.16. The van der Waals surface area contributed by atoms with E-state index in [1.54, 1.807) is 41.8 Å². The van der Waals surface area contributed by atoms with E-state index in [2.05, 4.69) is 25.2 Å². The summed E-state index contributed by atoms with van der Waals surface area (Å²) in [4.78, 5) is 47.7. The number of imidazole rings is 1. The maximum atomic E-state index is 13.3. The number of esters is 1. The van der Waals surface area contributed by atoms with Crippen LogP contribution in [0, 0.1) is 0 Å². The Morgan fingerprint density at radius 3 is 2.38 bits per heavy atom. The molecule has 278 valence electrons. The van der Waals surface area contributed by atoms with Crippen molar-refractivity contribution in [1.82, 2.24) is 35.1 Å². The molecule has 0 spiro atoms. The molecule has 0 amide bonds. The van der Waals surface area contributed by atoms with Crippen LogP contribution in [-0.4, -0.2) is 76.7 Å². The first-order chi connectivity index (χ1) is 25.6. The monoisotopic (exact) mass is 749 g/mol. The second-order valence-electron chi connectivity index (χ2n) is 11.3. The second-order valence-corrected chi connectivity index (χ2v) is 11.6. The molecule has 53 heavy (non-hydrogen) atoms. The lowest BCUT2D eigenvalue weighted by molar-refractivity contribution is -0.497. The van der Waals surface area contributed by atoms with E-state index in [-0.39, 0.29) is 42.2 Å². The van der Waals surface area contributed by atoms with E-state index in [4.69, 9.17) is 41.0 Å². The van der Waals surface area contributed by atoms with E-state index in [9.17, 15) is 14.4 Å².